The highest BCUT2D eigenvalue weighted by molar-refractivity contribution is 5.89. The van der Waals surface area contributed by atoms with E-state index in [4.69, 9.17) is 10.4 Å². The Hall–Kier alpha value is -2.87. The topological polar surface area (TPSA) is 86.0 Å². The highest BCUT2D eigenvalue weighted by Gasteiger charge is 2.04. The van der Waals surface area contributed by atoms with Gasteiger partial charge in [0, 0.05) is 5.69 Å². The highest BCUT2D eigenvalue weighted by atomic mass is 16.4. The summed E-state index contributed by atoms with van der Waals surface area (Å²) < 4.78 is 0. The second-order valence-corrected chi connectivity index (χ2v) is 3.53. The number of carboxylic acid groups (broad SMARTS) is 1. The number of aromatic nitrogens is 1. The number of nitrogens with zero attached hydrogens (tertiary/aromatic N) is 2. The van der Waals surface area contributed by atoms with Crippen LogP contribution in [0.3, 0.4) is 0 Å². The molecule has 0 bridgehead atoms. The van der Waals surface area contributed by atoms with E-state index < -0.39 is 5.97 Å². The Morgan fingerprint density at radius 3 is 2.78 bits per heavy atom. The summed E-state index contributed by atoms with van der Waals surface area (Å²) in [6.45, 7) is 0. The minimum atomic E-state index is -0.989. The number of anilines is 2. The Labute approximate surface area is 103 Å². The van der Waals surface area contributed by atoms with E-state index in [1.807, 2.05) is 6.07 Å². The van der Waals surface area contributed by atoms with Crippen LogP contribution in [0.5, 0.6) is 0 Å². The average molecular weight is 239 g/mol. The summed E-state index contributed by atoms with van der Waals surface area (Å²) in [4.78, 5) is 14.9. The molecular formula is C13H9N3O2. The molecule has 0 aliphatic carbocycles. The summed E-state index contributed by atoms with van der Waals surface area (Å²) in [6.07, 6.45) is 0. The monoisotopic (exact) mass is 239 g/mol. The van der Waals surface area contributed by atoms with Crippen LogP contribution in [0.25, 0.3) is 0 Å². The molecule has 0 amide bonds. The van der Waals surface area contributed by atoms with Crippen molar-refractivity contribution in [2.75, 3.05) is 5.32 Å². The minimum absolute atomic E-state index is 0.191. The Bertz CT molecular complexity index is 632. The molecule has 2 N–H and O–H groups in total. The smallest absolute Gasteiger partial charge is 0.335 e. The molecule has 0 aliphatic rings. The largest absolute Gasteiger partial charge is 0.478 e. The van der Waals surface area contributed by atoms with E-state index in [2.05, 4.69) is 10.3 Å². The van der Waals surface area contributed by atoms with E-state index in [9.17, 15) is 4.79 Å². The predicted octanol–water partition coefficient (Wildman–Crippen LogP) is 2.40. The number of aromatic carboxylic acids is 1. The van der Waals surface area contributed by atoms with Crippen LogP contribution < -0.4 is 5.32 Å². The third-order valence-electron chi connectivity index (χ3n) is 2.25. The molecule has 0 saturated carbocycles. The molecule has 0 atom stereocenters. The zero-order chi connectivity index (χ0) is 13.0. The van der Waals surface area contributed by atoms with E-state index in [-0.39, 0.29) is 5.56 Å². The van der Waals surface area contributed by atoms with E-state index >= 15 is 0 Å². The number of carbonyl (C=O) groups is 1. The van der Waals surface area contributed by atoms with E-state index in [0.717, 1.165) is 0 Å². The van der Waals surface area contributed by atoms with Gasteiger partial charge >= 0.3 is 5.97 Å². The molecule has 0 saturated heterocycles. The lowest BCUT2D eigenvalue weighted by molar-refractivity contribution is 0.0697. The first-order valence-corrected chi connectivity index (χ1v) is 5.16. The van der Waals surface area contributed by atoms with Gasteiger partial charge in [0.15, 0.2) is 0 Å². The molecule has 88 valence electrons. The van der Waals surface area contributed by atoms with Crippen molar-refractivity contribution < 1.29 is 9.90 Å². The summed E-state index contributed by atoms with van der Waals surface area (Å²) in [6, 6.07) is 13.3. The molecule has 0 spiro atoms. The molecule has 0 aliphatic heterocycles. The second-order valence-electron chi connectivity index (χ2n) is 3.53. The van der Waals surface area contributed by atoms with Crippen molar-refractivity contribution in [2.24, 2.45) is 0 Å². The maximum absolute atomic E-state index is 10.8. The van der Waals surface area contributed by atoms with Crippen molar-refractivity contribution >= 4 is 17.5 Å². The van der Waals surface area contributed by atoms with Crippen LogP contribution in [0.1, 0.15) is 16.1 Å². The van der Waals surface area contributed by atoms with Crippen LogP contribution >= 0.6 is 0 Å². The van der Waals surface area contributed by atoms with Crippen LogP contribution in [0.15, 0.2) is 42.5 Å². The molecule has 1 heterocycles. The SMILES string of the molecule is N#Cc1cccc(Nc2cccc(C(=O)O)c2)n1. The quantitative estimate of drug-likeness (QED) is 0.858. The van der Waals surface area contributed by atoms with Crippen molar-refractivity contribution in [3.63, 3.8) is 0 Å². The first kappa shape index (κ1) is 11.6. The first-order chi connectivity index (χ1) is 8.69. The summed E-state index contributed by atoms with van der Waals surface area (Å²) in [5.41, 5.74) is 1.10. The van der Waals surface area contributed by atoms with Gasteiger partial charge in [-0.2, -0.15) is 5.26 Å². The zero-order valence-corrected chi connectivity index (χ0v) is 9.29. The Morgan fingerprint density at radius 2 is 2.06 bits per heavy atom. The average Bonchev–Trinajstić information content (AvgIpc) is 2.39. The number of nitriles is 1. The van der Waals surface area contributed by atoms with Crippen molar-refractivity contribution in [2.45, 2.75) is 0 Å². The number of hydrogen-bond donors (Lipinski definition) is 2. The lowest BCUT2D eigenvalue weighted by Gasteiger charge is -2.06. The van der Waals surface area contributed by atoms with Gasteiger partial charge in [-0.1, -0.05) is 12.1 Å². The number of benzene rings is 1. The van der Waals surface area contributed by atoms with E-state index in [1.165, 1.54) is 12.1 Å². The fraction of sp³-hybridized carbons (Fsp3) is 0. The van der Waals surface area contributed by atoms with Crippen LogP contribution in [0.4, 0.5) is 11.5 Å². The number of carboxylic acids is 1. The number of rotatable bonds is 3. The van der Waals surface area contributed by atoms with Gasteiger partial charge in [0.05, 0.1) is 5.56 Å². The molecular weight excluding hydrogens is 230 g/mol. The molecule has 2 rings (SSSR count). The zero-order valence-electron chi connectivity index (χ0n) is 9.29. The normalized spacial score (nSPS) is 9.50. The summed E-state index contributed by atoms with van der Waals surface area (Å²) in [5, 5.41) is 20.5. The third-order valence-corrected chi connectivity index (χ3v) is 2.25. The minimum Gasteiger partial charge on any atom is -0.478 e. The first-order valence-electron chi connectivity index (χ1n) is 5.16. The second kappa shape index (κ2) is 4.97. The lowest BCUT2D eigenvalue weighted by Crippen LogP contribution is -1.99. The lowest BCUT2D eigenvalue weighted by atomic mass is 10.2. The Balaban J connectivity index is 2.26. The standard InChI is InChI=1S/C13H9N3O2/c14-8-11-5-2-6-12(16-11)15-10-4-1-3-9(7-10)13(17)18/h1-7H,(H,15,16)(H,17,18). The molecule has 0 fully saturated rings. The predicted molar refractivity (Wildman–Crippen MR) is 65.6 cm³/mol. The molecule has 0 radical (unpaired) electrons. The van der Waals surface area contributed by atoms with Gasteiger partial charge in [-0.15, -0.1) is 0 Å². The fourth-order valence-electron chi connectivity index (χ4n) is 1.44. The van der Waals surface area contributed by atoms with Crippen LogP contribution in [0.2, 0.25) is 0 Å². The van der Waals surface area contributed by atoms with E-state index in [1.54, 1.807) is 30.3 Å². The molecule has 0 unspecified atom stereocenters. The third kappa shape index (κ3) is 2.62. The maximum Gasteiger partial charge on any atom is 0.335 e. The van der Waals surface area contributed by atoms with Crippen molar-refractivity contribution in [3.05, 3.63) is 53.7 Å². The van der Waals surface area contributed by atoms with Gasteiger partial charge in [0.1, 0.15) is 17.6 Å². The molecule has 1 aromatic carbocycles. The molecule has 18 heavy (non-hydrogen) atoms. The van der Waals surface area contributed by atoms with Crippen molar-refractivity contribution in [3.8, 4) is 6.07 Å². The maximum atomic E-state index is 10.8. The summed E-state index contributed by atoms with van der Waals surface area (Å²) in [5.74, 6) is -0.492. The fourth-order valence-corrected chi connectivity index (χ4v) is 1.44. The highest BCUT2D eigenvalue weighted by Crippen LogP contribution is 2.16. The summed E-state index contributed by atoms with van der Waals surface area (Å²) >= 11 is 0. The van der Waals surface area contributed by atoms with Gasteiger partial charge in [-0.25, -0.2) is 9.78 Å². The Kier molecular flexibility index (Phi) is 3.21. The van der Waals surface area contributed by atoms with Gasteiger partial charge < -0.3 is 10.4 Å². The van der Waals surface area contributed by atoms with Gasteiger partial charge in [0.25, 0.3) is 0 Å². The molecule has 5 heteroatoms. The van der Waals surface area contributed by atoms with E-state index in [0.29, 0.717) is 17.2 Å². The van der Waals surface area contributed by atoms with Gasteiger partial charge in [0.2, 0.25) is 0 Å². The van der Waals surface area contributed by atoms with Crippen molar-refractivity contribution in [1.29, 1.82) is 5.26 Å². The van der Waals surface area contributed by atoms with Crippen molar-refractivity contribution in [1.82, 2.24) is 4.98 Å². The number of pyridine rings is 1. The van der Waals surface area contributed by atoms with Crippen LogP contribution in [0, 0.1) is 11.3 Å². The number of hydrogen-bond acceptors (Lipinski definition) is 4. The summed E-state index contributed by atoms with van der Waals surface area (Å²) in [7, 11) is 0. The van der Waals surface area contributed by atoms with Gasteiger partial charge in [-0.3, -0.25) is 0 Å². The molecule has 1 aromatic heterocycles. The van der Waals surface area contributed by atoms with Crippen LogP contribution in [-0.4, -0.2) is 16.1 Å². The van der Waals surface area contributed by atoms with Gasteiger partial charge in [-0.05, 0) is 30.3 Å². The number of nitrogens with one attached hydrogen (secondary N) is 1. The van der Waals surface area contributed by atoms with Crippen LogP contribution in [-0.2, 0) is 0 Å². The Morgan fingerprint density at radius 1 is 1.28 bits per heavy atom. The molecule has 2 aromatic rings. The molecule has 5 nitrogen and oxygen atoms in total.